The van der Waals surface area contributed by atoms with Gasteiger partial charge in [-0.3, -0.25) is 4.79 Å². The minimum Gasteiger partial charge on any atom is -0.353 e. The fourth-order valence-corrected chi connectivity index (χ4v) is 1.39. The Labute approximate surface area is 75.9 Å². The molecular formula is C8H14BrNO. The maximum Gasteiger partial charge on any atom is 0.230 e. The van der Waals surface area contributed by atoms with Gasteiger partial charge in [-0.15, -0.1) is 0 Å². The highest BCUT2D eigenvalue weighted by Crippen LogP contribution is 2.33. The predicted molar refractivity (Wildman–Crippen MR) is 48.7 cm³/mol. The lowest BCUT2D eigenvalue weighted by Gasteiger charge is -2.11. The van der Waals surface area contributed by atoms with Crippen LogP contribution in [0, 0.1) is 5.92 Å². The zero-order chi connectivity index (χ0) is 8.27. The first-order valence-corrected chi connectivity index (χ1v) is 5.20. The third kappa shape index (κ3) is 3.75. The van der Waals surface area contributed by atoms with E-state index in [1.54, 1.807) is 0 Å². The number of amides is 1. The van der Waals surface area contributed by atoms with E-state index < -0.39 is 0 Å². The van der Waals surface area contributed by atoms with Crippen LogP contribution in [0.2, 0.25) is 0 Å². The summed E-state index contributed by atoms with van der Waals surface area (Å²) in [4.78, 5) is 10.9. The smallest absolute Gasteiger partial charge is 0.230 e. The van der Waals surface area contributed by atoms with E-state index >= 15 is 0 Å². The van der Waals surface area contributed by atoms with Gasteiger partial charge in [-0.05, 0) is 19.3 Å². The largest absolute Gasteiger partial charge is 0.353 e. The molecule has 2 nitrogen and oxygen atoms in total. The van der Waals surface area contributed by atoms with E-state index in [1.165, 1.54) is 12.8 Å². The first-order chi connectivity index (χ1) is 5.22. The summed E-state index contributed by atoms with van der Waals surface area (Å²) in [5.41, 5.74) is 0. The lowest BCUT2D eigenvalue weighted by molar-refractivity contribution is -0.119. The Bertz CT molecular complexity index is 145. The van der Waals surface area contributed by atoms with Crippen LogP contribution in [0.4, 0.5) is 0 Å². The Kier molecular flexibility index (Phi) is 3.37. The molecule has 0 aromatic rings. The van der Waals surface area contributed by atoms with Gasteiger partial charge in [0, 0.05) is 6.04 Å². The van der Waals surface area contributed by atoms with Crippen molar-refractivity contribution in [2.75, 3.05) is 5.33 Å². The summed E-state index contributed by atoms with van der Waals surface area (Å²) >= 11 is 3.11. The molecule has 0 aromatic heterocycles. The molecule has 64 valence electrons. The Hall–Kier alpha value is -0.0500. The number of rotatable bonds is 4. The summed E-state index contributed by atoms with van der Waals surface area (Å²) in [5.74, 6) is 0.985. The van der Waals surface area contributed by atoms with E-state index in [0.717, 1.165) is 12.3 Å². The molecule has 0 bridgehead atoms. The number of carbonyl (C=O) groups is 1. The van der Waals surface area contributed by atoms with Crippen molar-refractivity contribution in [1.29, 1.82) is 0 Å². The van der Waals surface area contributed by atoms with Crippen molar-refractivity contribution in [3.8, 4) is 0 Å². The summed E-state index contributed by atoms with van der Waals surface area (Å²) in [5, 5.41) is 3.33. The molecule has 1 aliphatic carbocycles. The summed E-state index contributed by atoms with van der Waals surface area (Å²) in [6, 6.07) is 0.354. The molecule has 0 radical (unpaired) electrons. The van der Waals surface area contributed by atoms with Crippen molar-refractivity contribution in [3.63, 3.8) is 0 Å². The average Bonchev–Trinajstić information content (AvgIpc) is 2.71. The zero-order valence-electron chi connectivity index (χ0n) is 6.77. The molecule has 1 fully saturated rings. The number of halogens is 1. The van der Waals surface area contributed by atoms with Gasteiger partial charge >= 0.3 is 0 Å². The highest BCUT2D eigenvalue weighted by Gasteiger charge is 2.23. The highest BCUT2D eigenvalue weighted by molar-refractivity contribution is 9.09. The van der Waals surface area contributed by atoms with Gasteiger partial charge in [-0.2, -0.15) is 0 Å². The average molecular weight is 220 g/mol. The maximum atomic E-state index is 10.9. The van der Waals surface area contributed by atoms with Gasteiger partial charge in [-0.25, -0.2) is 0 Å². The summed E-state index contributed by atoms with van der Waals surface area (Å²) in [6.07, 6.45) is 3.86. The van der Waals surface area contributed by atoms with Crippen LogP contribution in [0.25, 0.3) is 0 Å². The zero-order valence-corrected chi connectivity index (χ0v) is 8.36. The Morgan fingerprint density at radius 3 is 2.82 bits per heavy atom. The van der Waals surface area contributed by atoms with Gasteiger partial charge in [-0.1, -0.05) is 28.8 Å². The maximum absolute atomic E-state index is 10.9. The van der Waals surface area contributed by atoms with Gasteiger partial charge in [0.15, 0.2) is 0 Å². The van der Waals surface area contributed by atoms with Gasteiger partial charge in [0.25, 0.3) is 0 Å². The van der Waals surface area contributed by atoms with Crippen molar-refractivity contribution in [1.82, 2.24) is 5.32 Å². The van der Waals surface area contributed by atoms with Crippen LogP contribution >= 0.6 is 15.9 Å². The third-order valence-corrected chi connectivity index (χ3v) is 2.42. The highest BCUT2D eigenvalue weighted by atomic mass is 79.9. The van der Waals surface area contributed by atoms with Crippen LogP contribution in [0.15, 0.2) is 0 Å². The molecule has 0 aliphatic heterocycles. The topological polar surface area (TPSA) is 29.1 Å². The van der Waals surface area contributed by atoms with Crippen molar-refractivity contribution >= 4 is 21.8 Å². The number of alkyl halides is 1. The molecule has 1 amide bonds. The van der Waals surface area contributed by atoms with E-state index in [1.807, 2.05) is 0 Å². The molecule has 1 saturated carbocycles. The fraction of sp³-hybridized carbons (Fsp3) is 0.875. The van der Waals surface area contributed by atoms with Crippen molar-refractivity contribution in [2.45, 2.75) is 32.2 Å². The molecule has 1 N–H and O–H groups in total. The molecule has 0 heterocycles. The van der Waals surface area contributed by atoms with Crippen molar-refractivity contribution in [3.05, 3.63) is 0 Å². The predicted octanol–water partition coefficient (Wildman–Crippen LogP) is 1.69. The quantitative estimate of drug-likeness (QED) is 0.717. The van der Waals surface area contributed by atoms with Crippen molar-refractivity contribution < 1.29 is 4.79 Å². The third-order valence-electron chi connectivity index (χ3n) is 1.91. The van der Waals surface area contributed by atoms with Crippen LogP contribution in [0.5, 0.6) is 0 Å². The summed E-state index contributed by atoms with van der Waals surface area (Å²) < 4.78 is 0. The number of hydrogen-bond acceptors (Lipinski definition) is 1. The minimum absolute atomic E-state index is 0.0955. The molecule has 3 heteroatoms. The molecule has 1 aliphatic rings. The molecule has 0 spiro atoms. The Morgan fingerprint density at radius 1 is 1.73 bits per heavy atom. The lowest BCUT2D eigenvalue weighted by Crippen LogP contribution is -2.33. The molecule has 11 heavy (non-hydrogen) atoms. The molecule has 0 saturated heterocycles. The Balaban J connectivity index is 2.08. The van der Waals surface area contributed by atoms with Gasteiger partial charge in [0.1, 0.15) is 0 Å². The van der Waals surface area contributed by atoms with Gasteiger partial charge in [0.2, 0.25) is 5.91 Å². The Morgan fingerprint density at radius 2 is 2.36 bits per heavy atom. The summed E-state index contributed by atoms with van der Waals surface area (Å²) in [7, 11) is 0. The van der Waals surface area contributed by atoms with Crippen LogP contribution in [-0.4, -0.2) is 17.3 Å². The molecule has 1 atom stereocenters. The first-order valence-electron chi connectivity index (χ1n) is 4.07. The minimum atomic E-state index is 0.0955. The SMILES string of the molecule is CC(CC1CC1)NC(=O)CBr. The second kappa shape index (κ2) is 4.10. The second-order valence-corrected chi connectivity index (χ2v) is 3.84. The fourth-order valence-electron chi connectivity index (χ4n) is 1.23. The first kappa shape index (κ1) is 9.04. The van der Waals surface area contributed by atoms with Crippen LogP contribution < -0.4 is 5.32 Å². The van der Waals surface area contributed by atoms with Gasteiger partial charge < -0.3 is 5.32 Å². The second-order valence-electron chi connectivity index (χ2n) is 3.28. The van der Waals surface area contributed by atoms with E-state index in [-0.39, 0.29) is 5.91 Å². The molecular weight excluding hydrogens is 206 g/mol. The van der Waals surface area contributed by atoms with Crippen molar-refractivity contribution in [2.24, 2.45) is 5.92 Å². The summed E-state index contributed by atoms with van der Waals surface area (Å²) in [6.45, 7) is 2.07. The number of carbonyl (C=O) groups excluding carboxylic acids is 1. The van der Waals surface area contributed by atoms with Crippen LogP contribution in [0.3, 0.4) is 0 Å². The van der Waals surface area contributed by atoms with E-state index in [9.17, 15) is 4.79 Å². The van der Waals surface area contributed by atoms with Gasteiger partial charge in [0.05, 0.1) is 5.33 Å². The molecule has 0 aromatic carbocycles. The molecule has 1 rings (SSSR count). The number of hydrogen-bond donors (Lipinski definition) is 1. The monoisotopic (exact) mass is 219 g/mol. The standard InChI is InChI=1S/C8H14BrNO/c1-6(4-7-2-3-7)10-8(11)5-9/h6-7H,2-5H2,1H3,(H,10,11). The van der Waals surface area contributed by atoms with E-state index in [2.05, 4.69) is 28.2 Å². The molecule has 1 unspecified atom stereocenters. The number of nitrogens with one attached hydrogen (secondary N) is 1. The van der Waals surface area contributed by atoms with Crippen LogP contribution in [0.1, 0.15) is 26.2 Å². The van der Waals surface area contributed by atoms with Crippen LogP contribution in [-0.2, 0) is 4.79 Å². The lowest BCUT2D eigenvalue weighted by atomic mass is 10.1. The van der Waals surface area contributed by atoms with E-state index in [4.69, 9.17) is 0 Å². The van der Waals surface area contributed by atoms with E-state index in [0.29, 0.717) is 11.4 Å². The normalized spacial score (nSPS) is 19.5.